The van der Waals surface area contributed by atoms with Gasteiger partial charge in [-0.2, -0.15) is 0 Å². The van der Waals surface area contributed by atoms with Gasteiger partial charge in [0.2, 0.25) is 5.89 Å². The molecule has 0 spiro atoms. The summed E-state index contributed by atoms with van der Waals surface area (Å²) in [4.78, 5) is 13.3. The van der Waals surface area contributed by atoms with Gasteiger partial charge in [0.1, 0.15) is 5.76 Å². The standard InChI is InChI=1S/C17H24N4O/c1-14-11-19-17(22-14)13-20(2)16-6-10-21(12-16)9-5-15-3-7-18-8-4-15/h3-4,7-8,11,16H,5-6,9-10,12-13H2,1-2H3. The lowest BCUT2D eigenvalue weighted by Crippen LogP contribution is -2.34. The second-order valence-electron chi connectivity index (χ2n) is 6.13. The Morgan fingerprint density at radius 1 is 1.36 bits per heavy atom. The number of aromatic nitrogens is 2. The highest BCUT2D eigenvalue weighted by Gasteiger charge is 2.26. The summed E-state index contributed by atoms with van der Waals surface area (Å²) in [6.45, 7) is 6.14. The summed E-state index contributed by atoms with van der Waals surface area (Å²) in [5, 5.41) is 0. The van der Waals surface area contributed by atoms with Gasteiger partial charge < -0.3 is 9.32 Å². The van der Waals surface area contributed by atoms with Crippen molar-refractivity contribution in [2.24, 2.45) is 0 Å². The summed E-state index contributed by atoms with van der Waals surface area (Å²) >= 11 is 0. The van der Waals surface area contributed by atoms with Crippen LogP contribution in [0.25, 0.3) is 0 Å². The Morgan fingerprint density at radius 3 is 2.91 bits per heavy atom. The van der Waals surface area contributed by atoms with Crippen molar-refractivity contribution in [1.29, 1.82) is 0 Å². The molecule has 2 aromatic rings. The van der Waals surface area contributed by atoms with Crippen LogP contribution >= 0.6 is 0 Å². The van der Waals surface area contributed by atoms with Gasteiger partial charge in [-0.1, -0.05) is 0 Å². The third-order valence-electron chi connectivity index (χ3n) is 4.39. The van der Waals surface area contributed by atoms with Crippen LogP contribution in [0.3, 0.4) is 0 Å². The van der Waals surface area contributed by atoms with E-state index < -0.39 is 0 Å². The summed E-state index contributed by atoms with van der Waals surface area (Å²) in [6.07, 6.45) is 7.84. The molecule has 3 rings (SSSR count). The summed E-state index contributed by atoms with van der Waals surface area (Å²) in [5.74, 6) is 1.70. The maximum Gasteiger partial charge on any atom is 0.208 e. The van der Waals surface area contributed by atoms with E-state index in [4.69, 9.17) is 4.42 Å². The fourth-order valence-electron chi connectivity index (χ4n) is 3.03. The van der Waals surface area contributed by atoms with Crippen molar-refractivity contribution < 1.29 is 4.42 Å². The van der Waals surface area contributed by atoms with E-state index in [9.17, 15) is 0 Å². The summed E-state index contributed by atoms with van der Waals surface area (Å²) in [7, 11) is 2.16. The fraction of sp³-hybridized carbons (Fsp3) is 0.529. The van der Waals surface area contributed by atoms with Crippen LogP contribution in [0.1, 0.15) is 23.6 Å². The van der Waals surface area contributed by atoms with Crippen LogP contribution in [-0.4, -0.2) is 52.5 Å². The Hall–Kier alpha value is -1.72. The summed E-state index contributed by atoms with van der Waals surface area (Å²) < 4.78 is 5.57. The number of pyridine rings is 1. The van der Waals surface area contributed by atoms with E-state index in [1.165, 1.54) is 18.5 Å². The number of rotatable bonds is 6. The number of hydrogen-bond acceptors (Lipinski definition) is 5. The lowest BCUT2D eigenvalue weighted by Gasteiger charge is -2.23. The molecule has 0 bridgehead atoms. The molecule has 1 atom stereocenters. The maximum absolute atomic E-state index is 5.57. The Bertz CT molecular complexity index is 583. The van der Waals surface area contributed by atoms with E-state index in [-0.39, 0.29) is 0 Å². The number of nitrogens with zero attached hydrogens (tertiary/aromatic N) is 4. The molecule has 3 heterocycles. The quantitative estimate of drug-likeness (QED) is 0.818. The van der Waals surface area contributed by atoms with E-state index in [1.807, 2.05) is 19.3 Å². The molecule has 1 unspecified atom stereocenters. The third kappa shape index (κ3) is 3.93. The normalized spacial score (nSPS) is 19.1. The van der Waals surface area contributed by atoms with Gasteiger partial charge in [0.25, 0.3) is 0 Å². The first kappa shape index (κ1) is 15.2. The van der Waals surface area contributed by atoms with E-state index >= 15 is 0 Å². The zero-order valence-electron chi connectivity index (χ0n) is 13.4. The molecule has 5 heteroatoms. The van der Waals surface area contributed by atoms with Gasteiger partial charge in [-0.05, 0) is 51.1 Å². The minimum Gasteiger partial charge on any atom is -0.445 e. The number of hydrogen-bond donors (Lipinski definition) is 0. The van der Waals surface area contributed by atoms with Crippen LogP contribution in [-0.2, 0) is 13.0 Å². The fourth-order valence-corrected chi connectivity index (χ4v) is 3.03. The minimum atomic E-state index is 0.588. The molecule has 118 valence electrons. The molecule has 0 saturated carbocycles. The SMILES string of the molecule is Cc1cnc(CN(C)C2CCN(CCc3ccncc3)C2)o1. The second kappa shape index (κ2) is 7.03. The van der Waals surface area contributed by atoms with Crippen molar-refractivity contribution >= 4 is 0 Å². The first-order valence-electron chi connectivity index (χ1n) is 7.93. The smallest absolute Gasteiger partial charge is 0.208 e. The summed E-state index contributed by atoms with van der Waals surface area (Å²) in [5.41, 5.74) is 1.36. The summed E-state index contributed by atoms with van der Waals surface area (Å²) in [6, 6.07) is 4.79. The first-order valence-corrected chi connectivity index (χ1v) is 7.93. The number of oxazole rings is 1. The Balaban J connectivity index is 1.45. The molecular weight excluding hydrogens is 276 g/mol. The average molecular weight is 300 g/mol. The highest BCUT2D eigenvalue weighted by atomic mass is 16.4. The van der Waals surface area contributed by atoms with Gasteiger partial charge in [0.15, 0.2) is 0 Å². The largest absolute Gasteiger partial charge is 0.445 e. The first-order chi connectivity index (χ1) is 10.7. The van der Waals surface area contributed by atoms with Crippen molar-refractivity contribution in [1.82, 2.24) is 19.8 Å². The molecule has 1 aliphatic rings. The van der Waals surface area contributed by atoms with Crippen LogP contribution in [0.15, 0.2) is 35.1 Å². The zero-order chi connectivity index (χ0) is 15.4. The van der Waals surface area contributed by atoms with Gasteiger partial charge in [0, 0.05) is 31.5 Å². The van der Waals surface area contributed by atoms with Crippen molar-refractivity contribution in [2.75, 3.05) is 26.7 Å². The van der Waals surface area contributed by atoms with Crippen molar-refractivity contribution in [3.63, 3.8) is 0 Å². The van der Waals surface area contributed by atoms with E-state index in [1.54, 1.807) is 6.20 Å². The molecular formula is C17H24N4O. The highest BCUT2D eigenvalue weighted by molar-refractivity contribution is 5.10. The topological polar surface area (TPSA) is 45.4 Å². The molecule has 0 aromatic carbocycles. The van der Waals surface area contributed by atoms with Gasteiger partial charge in [-0.3, -0.25) is 9.88 Å². The third-order valence-corrected chi connectivity index (χ3v) is 4.39. The number of aryl methyl sites for hydroxylation is 1. The van der Waals surface area contributed by atoms with Gasteiger partial charge in [0.05, 0.1) is 12.7 Å². The van der Waals surface area contributed by atoms with Crippen molar-refractivity contribution in [2.45, 2.75) is 32.4 Å². The predicted octanol–water partition coefficient (Wildman–Crippen LogP) is 2.13. The lowest BCUT2D eigenvalue weighted by molar-refractivity contribution is 0.206. The van der Waals surface area contributed by atoms with Gasteiger partial charge in [-0.15, -0.1) is 0 Å². The molecule has 22 heavy (non-hydrogen) atoms. The molecule has 0 aliphatic carbocycles. The minimum absolute atomic E-state index is 0.588. The molecule has 2 aromatic heterocycles. The van der Waals surface area contributed by atoms with E-state index in [0.717, 1.165) is 37.7 Å². The predicted molar refractivity (Wildman–Crippen MR) is 85.5 cm³/mol. The Kier molecular flexibility index (Phi) is 4.85. The van der Waals surface area contributed by atoms with Gasteiger partial charge in [-0.25, -0.2) is 4.98 Å². The molecule has 1 aliphatic heterocycles. The van der Waals surface area contributed by atoms with Crippen molar-refractivity contribution in [3.8, 4) is 0 Å². The Morgan fingerprint density at radius 2 is 2.18 bits per heavy atom. The van der Waals surface area contributed by atoms with E-state index in [0.29, 0.717) is 6.04 Å². The second-order valence-corrected chi connectivity index (χ2v) is 6.13. The van der Waals surface area contributed by atoms with Crippen LogP contribution in [0.2, 0.25) is 0 Å². The molecule has 0 N–H and O–H groups in total. The van der Waals surface area contributed by atoms with E-state index in [2.05, 4.69) is 38.9 Å². The van der Waals surface area contributed by atoms with Gasteiger partial charge >= 0.3 is 0 Å². The monoisotopic (exact) mass is 300 g/mol. The van der Waals surface area contributed by atoms with Crippen molar-refractivity contribution in [3.05, 3.63) is 47.9 Å². The Labute approximate surface area is 132 Å². The average Bonchev–Trinajstić information content (AvgIpc) is 3.15. The maximum atomic E-state index is 5.57. The highest BCUT2D eigenvalue weighted by Crippen LogP contribution is 2.17. The lowest BCUT2D eigenvalue weighted by atomic mass is 10.2. The molecule has 0 radical (unpaired) electrons. The molecule has 5 nitrogen and oxygen atoms in total. The molecule has 1 fully saturated rings. The molecule has 1 saturated heterocycles. The number of likely N-dealkylation sites (N-methyl/N-ethyl adjacent to an activating group) is 1. The van der Waals surface area contributed by atoms with Crippen LogP contribution in [0, 0.1) is 6.92 Å². The number of likely N-dealkylation sites (tertiary alicyclic amines) is 1. The molecule has 0 amide bonds. The van der Waals surface area contributed by atoms with Crippen LogP contribution in [0.5, 0.6) is 0 Å². The zero-order valence-corrected chi connectivity index (χ0v) is 13.4. The van der Waals surface area contributed by atoms with Crippen LogP contribution in [0.4, 0.5) is 0 Å². The van der Waals surface area contributed by atoms with Crippen LogP contribution < -0.4 is 0 Å².